The summed E-state index contributed by atoms with van der Waals surface area (Å²) in [5.41, 5.74) is 2.94. The minimum atomic E-state index is -0.0289. The highest BCUT2D eigenvalue weighted by molar-refractivity contribution is 5.79. The molecule has 1 aromatic carbocycles. The molecule has 0 radical (unpaired) electrons. The van der Waals surface area contributed by atoms with Crippen LogP contribution in [0.4, 0.5) is 0 Å². The predicted octanol–water partition coefficient (Wildman–Crippen LogP) is 2.10. The SMILES string of the molecule is CN=C(NCc1coc(-c2ccc(C)cc2)n1)NCC1(CCO)CCOC1. The van der Waals surface area contributed by atoms with Gasteiger partial charge in [0.25, 0.3) is 0 Å². The largest absolute Gasteiger partial charge is 0.444 e. The lowest BCUT2D eigenvalue weighted by Crippen LogP contribution is -2.44. The molecule has 1 saturated heterocycles. The summed E-state index contributed by atoms with van der Waals surface area (Å²) in [6, 6.07) is 8.09. The van der Waals surface area contributed by atoms with E-state index in [-0.39, 0.29) is 12.0 Å². The van der Waals surface area contributed by atoms with E-state index in [1.807, 2.05) is 24.3 Å². The van der Waals surface area contributed by atoms with Gasteiger partial charge in [-0.2, -0.15) is 0 Å². The van der Waals surface area contributed by atoms with Crippen LogP contribution < -0.4 is 10.6 Å². The van der Waals surface area contributed by atoms with Gasteiger partial charge in [0.15, 0.2) is 5.96 Å². The lowest BCUT2D eigenvalue weighted by molar-refractivity contribution is 0.127. The lowest BCUT2D eigenvalue weighted by Gasteiger charge is -2.27. The monoisotopic (exact) mass is 372 g/mol. The summed E-state index contributed by atoms with van der Waals surface area (Å²) in [4.78, 5) is 8.79. The molecule has 1 aliphatic rings. The standard InChI is InChI=1S/C20H28N4O3/c1-15-3-5-16(6-4-15)18-24-17(12-27-18)11-22-19(21-2)23-13-20(7-9-25)8-10-26-14-20/h3-6,12,25H,7-11,13-14H2,1-2H3,(H2,21,22,23). The van der Waals surface area contributed by atoms with E-state index in [9.17, 15) is 5.11 Å². The number of rotatable bonds is 7. The van der Waals surface area contributed by atoms with E-state index in [4.69, 9.17) is 9.15 Å². The molecule has 7 heteroatoms. The average molecular weight is 372 g/mol. The number of oxazole rings is 1. The fourth-order valence-electron chi connectivity index (χ4n) is 3.19. The van der Waals surface area contributed by atoms with Crippen molar-refractivity contribution in [3.05, 3.63) is 41.8 Å². The Hall–Kier alpha value is -2.38. The number of aryl methyl sites for hydroxylation is 1. The van der Waals surface area contributed by atoms with Gasteiger partial charge < -0.3 is 24.9 Å². The van der Waals surface area contributed by atoms with Crippen LogP contribution in [0.1, 0.15) is 24.1 Å². The van der Waals surface area contributed by atoms with Crippen molar-refractivity contribution < 1.29 is 14.3 Å². The molecule has 2 aromatic rings. The number of aromatic nitrogens is 1. The Bertz CT molecular complexity index is 749. The number of nitrogens with one attached hydrogen (secondary N) is 2. The summed E-state index contributed by atoms with van der Waals surface area (Å²) in [6.07, 6.45) is 3.33. The van der Waals surface area contributed by atoms with E-state index < -0.39 is 0 Å². The summed E-state index contributed by atoms with van der Waals surface area (Å²) in [5, 5.41) is 15.9. The fraction of sp³-hybridized carbons (Fsp3) is 0.500. The van der Waals surface area contributed by atoms with Crippen molar-refractivity contribution in [3.8, 4) is 11.5 Å². The summed E-state index contributed by atoms with van der Waals surface area (Å²) in [7, 11) is 1.74. The molecule has 27 heavy (non-hydrogen) atoms. The van der Waals surface area contributed by atoms with Crippen molar-refractivity contribution >= 4 is 5.96 Å². The lowest BCUT2D eigenvalue weighted by atomic mass is 9.84. The van der Waals surface area contributed by atoms with Crippen molar-refractivity contribution in [2.24, 2.45) is 10.4 Å². The molecule has 1 unspecified atom stereocenters. The highest BCUT2D eigenvalue weighted by atomic mass is 16.5. The number of ether oxygens (including phenoxy) is 1. The maximum atomic E-state index is 9.33. The van der Waals surface area contributed by atoms with Crippen LogP contribution in [0.25, 0.3) is 11.5 Å². The van der Waals surface area contributed by atoms with E-state index in [0.717, 1.165) is 30.7 Å². The van der Waals surface area contributed by atoms with Gasteiger partial charge in [0.2, 0.25) is 5.89 Å². The molecule has 3 rings (SSSR count). The maximum Gasteiger partial charge on any atom is 0.226 e. The number of nitrogens with zero attached hydrogens (tertiary/aromatic N) is 2. The second-order valence-electron chi connectivity index (χ2n) is 7.07. The fourth-order valence-corrected chi connectivity index (χ4v) is 3.19. The van der Waals surface area contributed by atoms with Gasteiger partial charge in [-0.25, -0.2) is 4.98 Å². The number of aliphatic hydroxyl groups excluding tert-OH is 1. The van der Waals surface area contributed by atoms with Gasteiger partial charge in [-0.3, -0.25) is 4.99 Å². The number of guanidine groups is 1. The minimum absolute atomic E-state index is 0.0289. The van der Waals surface area contributed by atoms with Crippen molar-refractivity contribution in [1.29, 1.82) is 0 Å². The molecule has 0 saturated carbocycles. The molecule has 0 aliphatic carbocycles. The number of hydrogen-bond acceptors (Lipinski definition) is 5. The summed E-state index contributed by atoms with van der Waals surface area (Å²) < 4.78 is 11.1. The Morgan fingerprint density at radius 1 is 1.30 bits per heavy atom. The van der Waals surface area contributed by atoms with Gasteiger partial charge in [-0.1, -0.05) is 17.7 Å². The number of aliphatic imine (C=N–C) groups is 1. The molecule has 0 bridgehead atoms. The second kappa shape index (κ2) is 9.01. The van der Waals surface area contributed by atoms with Crippen LogP contribution in [-0.4, -0.2) is 49.5 Å². The molecular formula is C20H28N4O3. The van der Waals surface area contributed by atoms with Crippen molar-refractivity contribution in [2.45, 2.75) is 26.3 Å². The van der Waals surface area contributed by atoms with Gasteiger partial charge in [0.05, 0.1) is 18.8 Å². The van der Waals surface area contributed by atoms with Crippen molar-refractivity contribution in [2.75, 3.05) is 33.4 Å². The third kappa shape index (κ3) is 5.08. The molecule has 3 N–H and O–H groups in total. The molecule has 146 valence electrons. The first kappa shape index (κ1) is 19.4. The first-order valence-corrected chi connectivity index (χ1v) is 9.29. The van der Waals surface area contributed by atoms with Crippen LogP contribution in [0.3, 0.4) is 0 Å². The molecule has 0 spiro atoms. The van der Waals surface area contributed by atoms with Crippen LogP contribution >= 0.6 is 0 Å². The van der Waals surface area contributed by atoms with Crippen LogP contribution in [0.5, 0.6) is 0 Å². The van der Waals surface area contributed by atoms with Gasteiger partial charge in [-0.15, -0.1) is 0 Å². The van der Waals surface area contributed by atoms with E-state index >= 15 is 0 Å². The van der Waals surface area contributed by atoms with Crippen molar-refractivity contribution in [3.63, 3.8) is 0 Å². The van der Waals surface area contributed by atoms with Crippen LogP contribution in [-0.2, 0) is 11.3 Å². The molecule has 1 aliphatic heterocycles. The molecule has 7 nitrogen and oxygen atoms in total. The zero-order valence-corrected chi connectivity index (χ0v) is 16.0. The second-order valence-corrected chi connectivity index (χ2v) is 7.07. The predicted molar refractivity (Wildman–Crippen MR) is 104 cm³/mol. The van der Waals surface area contributed by atoms with Crippen molar-refractivity contribution in [1.82, 2.24) is 15.6 Å². The van der Waals surface area contributed by atoms with Gasteiger partial charge in [-0.05, 0) is 31.9 Å². The van der Waals surface area contributed by atoms with E-state index in [2.05, 4.69) is 27.5 Å². The maximum absolute atomic E-state index is 9.33. The highest BCUT2D eigenvalue weighted by Crippen LogP contribution is 2.31. The Labute approximate surface area is 159 Å². The number of hydrogen-bond donors (Lipinski definition) is 3. The first-order valence-electron chi connectivity index (χ1n) is 9.29. The third-order valence-electron chi connectivity index (χ3n) is 4.97. The third-order valence-corrected chi connectivity index (χ3v) is 4.97. The molecule has 0 amide bonds. The van der Waals surface area contributed by atoms with E-state index in [0.29, 0.717) is 31.5 Å². The average Bonchev–Trinajstić information content (AvgIpc) is 3.33. The molecule has 1 aromatic heterocycles. The molecule has 1 atom stereocenters. The van der Waals surface area contributed by atoms with E-state index in [1.165, 1.54) is 5.56 Å². The smallest absolute Gasteiger partial charge is 0.226 e. The van der Waals surface area contributed by atoms with Crippen LogP contribution in [0, 0.1) is 12.3 Å². The Morgan fingerprint density at radius 3 is 2.78 bits per heavy atom. The Kier molecular flexibility index (Phi) is 6.47. The van der Waals surface area contributed by atoms with Gasteiger partial charge >= 0.3 is 0 Å². The summed E-state index contributed by atoms with van der Waals surface area (Å²) in [5.74, 6) is 1.30. The molecule has 1 fully saturated rings. The molecule has 2 heterocycles. The minimum Gasteiger partial charge on any atom is -0.444 e. The Balaban J connectivity index is 1.53. The quantitative estimate of drug-likeness (QED) is 0.509. The summed E-state index contributed by atoms with van der Waals surface area (Å²) in [6.45, 7) is 4.85. The van der Waals surface area contributed by atoms with E-state index in [1.54, 1.807) is 13.3 Å². The zero-order valence-electron chi connectivity index (χ0n) is 16.0. The highest BCUT2D eigenvalue weighted by Gasteiger charge is 2.34. The normalized spacial score (nSPS) is 20.0. The Morgan fingerprint density at radius 2 is 2.11 bits per heavy atom. The van der Waals surface area contributed by atoms with Crippen LogP contribution in [0.15, 0.2) is 39.9 Å². The summed E-state index contributed by atoms with van der Waals surface area (Å²) >= 11 is 0. The van der Waals surface area contributed by atoms with Gasteiger partial charge in [0.1, 0.15) is 6.26 Å². The van der Waals surface area contributed by atoms with Crippen LogP contribution in [0.2, 0.25) is 0 Å². The zero-order chi connectivity index (χ0) is 19.1. The van der Waals surface area contributed by atoms with Gasteiger partial charge in [0, 0.05) is 37.8 Å². The first-order chi connectivity index (χ1) is 13.1. The molecular weight excluding hydrogens is 344 g/mol. The topological polar surface area (TPSA) is 91.9 Å². The number of benzene rings is 1. The number of aliphatic hydroxyl groups is 1.